The molecule has 1 aromatic heterocycles. The third kappa shape index (κ3) is 1.98. The van der Waals surface area contributed by atoms with Gasteiger partial charge in [-0.15, -0.1) is 0 Å². The van der Waals surface area contributed by atoms with Crippen molar-refractivity contribution in [2.24, 2.45) is 0 Å². The quantitative estimate of drug-likeness (QED) is 0.860. The molecule has 0 aliphatic heterocycles. The number of nitrogens with zero attached hydrogens (tertiary/aromatic N) is 2. The molecule has 86 valence electrons. The highest BCUT2D eigenvalue weighted by molar-refractivity contribution is 5.40. The molecule has 1 aromatic carbocycles. The fraction of sp³-hybridized carbons (Fsp3) is 0.231. The molecule has 1 aliphatic carbocycles. The summed E-state index contributed by atoms with van der Waals surface area (Å²) in [6.45, 7) is 0. The monoisotopic (exact) mass is 229 g/mol. The van der Waals surface area contributed by atoms with Gasteiger partial charge in [0.25, 0.3) is 0 Å². The van der Waals surface area contributed by atoms with E-state index in [4.69, 9.17) is 0 Å². The van der Waals surface area contributed by atoms with Crippen LogP contribution in [-0.2, 0) is 6.42 Å². The lowest BCUT2D eigenvalue weighted by Crippen LogP contribution is -2.09. The summed E-state index contributed by atoms with van der Waals surface area (Å²) in [5.74, 6) is 0.454. The number of hydrogen-bond donors (Lipinski definition) is 1. The summed E-state index contributed by atoms with van der Waals surface area (Å²) in [5.41, 5.74) is 2.23. The SMILES string of the molecule is Fc1ccc2c(c1)CCC2Nc1ncccn1. The second-order valence-electron chi connectivity index (χ2n) is 4.15. The molecule has 3 nitrogen and oxygen atoms in total. The molecule has 1 atom stereocenters. The predicted octanol–water partition coefficient (Wildman–Crippen LogP) is 2.72. The Bertz CT molecular complexity index is 527. The molecule has 4 heteroatoms. The molecule has 0 saturated carbocycles. The van der Waals surface area contributed by atoms with Gasteiger partial charge in [-0.1, -0.05) is 6.07 Å². The average molecular weight is 229 g/mol. The van der Waals surface area contributed by atoms with Gasteiger partial charge in [0.2, 0.25) is 5.95 Å². The van der Waals surface area contributed by atoms with E-state index in [-0.39, 0.29) is 11.9 Å². The lowest BCUT2D eigenvalue weighted by atomic mass is 10.1. The maximum atomic E-state index is 13.1. The molecule has 17 heavy (non-hydrogen) atoms. The van der Waals surface area contributed by atoms with Crippen LogP contribution in [0.3, 0.4) is 0 Å². The molecule has 0 fully saturated rings. The van der Waals surface area contributed by atoms with Crippen LogP contribution in [0.5, 0.6) is 0 Å². The van der Waals surface area contributed by atoms with Crippen LogP contribution in [0.15, 0.2) is 36.7 Å². The van der Waals surface area contributed by atoms with Crippen molar-refractivity contribution in [3.05, 3.63) is 53.6 Å². The van der Waals surface area contributed by atoms with Crippen molar-refractivity contribution in [2.45, 2.75) is 18.9 Å². The Labute approximate surface area is 98.7 Å². The Morgan fingerprint density at radius 1 is 1.24 bits per heavy atom. The van der Waals surface area contributed by atoms with Crippen molar-refractivity contribution in [3.8, 4) is 0 Å². The van der Waals surface area contributed by atoms with Gasteiger partial charge < -0.3 is 5.32 Å². The molecular weight excluding hydrogens is 217 g/mol. The Balaban J connectivity index is 1.85. The summed E-state index contributed by atoms with van der Waals surface area (Å²) in [6, 6.07) is 6.93. The Morgan fingerprint density at radius 3 is 2.88 bits per heavy atom. The van der Waals surface area contributed by atoms with Crippen LogP contribution in [0.2, 0.25) is 0 Å². The lowest BCUT2D eigenvalue weighted by molar-refractivity contribution is 0.626. The van der Waals surface area contributed by atoms with Gasteiger partial charge in [-0.05, 0) is 42.2 Å². The van der Waals surface area contributed by atoms with Gasteiger partial charge in [-0.3, -0.25) is 0 Å². The first kappa shape index (κ1) is 10.2. The molecule has 1 N–H and O–H groups in total. The first-order valence-corrected chi connectivity index (χ1v) is 5.65. The number of aromatic nitrogens is 2. The second kappa shape index (κ2) is 4.13. The summed E-state index contributed by atoms with van der Waals surface area (Å²) in [7, 11) is 0. The zero-order valence-corrected chi connectivity index (χ0v) is 9.23. The molecule has 0 spiro atoms. The van der Waals surface area contributed by atoms with Crippen LogP contribution < -0.4 is 5.32 Å². The topological polar surface area (TPSA) is 37.8 Å². The van der Waals surface area contributed by atoms with Crippen molar-refractivity contribution >= 4 is 5.95 Å². The van der Waals surface area contributed by atoms with Crippen molar-refractivity contribution < 1.29 is 4.39 Å². The van der Waals surface area contributed by atoms with E-state index >= 15 is 0 Å². The van der Waals surface area contributed by atoms with Gasteiger partial charge in [0.05, 0.1) is 6.04 Å². The molecule has 2 aromatic rings. The zero-order valence-electron chi connectivity index (χ0n) is 9.23. The number of halogens is 1. The van der Waals surface area contributed by atoms with E-state index in [0.717, 1.165) is 24.0 Å². The molecule has 3 rings (SSSR count). The van der Waals surface area contributed by atoms with Gasteiger partial charge in [0.1, 0.15) is 5.82 Å². The maximum Gasteiger partial charge on any atom is 0.223 e. The highest BCUT2D eigenvalue weighted by Gasteiger charge is 2.23. The molecular formula is C13H12FN3. The molecule has 1 heterocycles. The third-order valence-corrected chi connectivity index (χ3v) is 3.05. The highest BCUT2D eigenvalue weighted by Crippen LogP contribution is 2.33. The van der Waals surface area contributed by atoms with Gasteiger partial charge in [-0.2, -0.15) is 0 Å². The zero-order chi connectivity index (χ0) is 11.7. The second-order valence-corrected chi connectivity index (χ2v) is 4.15. The standard InChI is InChI=1S/C13H12FN3/c14-10-3-4-11-9(8-10)2-5-12(11)17-13-15-6-1-7-16-13/h1,3-4,6-8,12H,2,5H2,(H,15,16,17). The predicted molar refractivity (Wildman–Crippen MR) is 63.1 cm³/mol. The third-order valence-electron chi connectivity index (χ3n) is 3.05. The van der Waals surface area contributed by atoms with Crippen LogP contribution in [0.1, 0.15) is 23.6 Å². The summed E-state index contributed by atoms with van der Waals surface area (Å²) in [6.07, 6.45) is 5.26. The Morgan fingerprint density at radius 2 is 2.06 bits per heavy atom. The van der Waals surface area contributed by atoms with E-state index in [1.807, 2.05) is 6.07 Å². The van der Waals surface area contributed by atoms with Crippen LogP contribution in [-0.4, -0.2) is 9.97 Å². The number of benzene rings is 1. The molecule has 1 aliphatic rings. The summed E-state index contributed by atoms with van der Waals surface area (Å²) in [4.78, 5) is 8.27. The van der Waals surface area contributed by atoms with Crippen molar-refractivity contribution in [1.29, 1.82) is 0 Å². The fourth-order valence-corrected chi connectivity index (χ4v) is 2.27. The lowest BCUT2D eigenvalue weighted by Gasteiger charge is -2.13. The van der Waals surface area contributed by atoms with E-state index in [2.05, 4.69) is 15.3 Å². The smallest absolute Gasteiger partial charge is 0.223 e. The first-order chi connectivity index (χ1) is 8.33. The van der Waals surface area contributed by atoms with Crippen molar-refractivity contribution in [1.82, 2.24) is 9.97 Å². The summed E-state index contributed by atoms with van der Waals surface area (Å²) < 4.78 is 13.1. The summed E-state index contributed by atoms with van der Waals surface area (Å²) in [5, 5.41) is 3.27. The minimum Gasteiger partial charge on any atom is -0.347 e. The number of anilines is 1. The molecule has 0 saturated heterocycles. The van der Waals surface area contributed by atoms with Crippen LogP contribution in [0.25, 0.3) is 0 Å². The number of rotatable bonds is 2. The van der Waals surface area contributed by atoms with E-state index in [9.17, 15) is 4.39 Å². The largest absolute Gasteiger partial charge is 0.347 e. The van der Waals surface area contributed by atoms with Crippen LogP contribution in [0.4, 0.5) is 10.3 Å². The van der Waals surface area contributed by atoms with Gasteiger partial charge in [-0.25, -0.2) is 14.4 Å². The Hall–Kier alpha value is -1.97. The van der Waals surface area contributed by atoms with Crippen molar-refractivity contribution in [3.63, 3.8) is 0 Å². The number of hydrogen-bond acceptors (Lipinski definition) is 3. The fourth-order valence-electron chi connectivity index (χ4n) is 2.27. The van der Waals surface area contributed by atoms with Crippen LogP contribution >= 0.6 is 0 Å². The van der Waals surface area contributed by atoms with Gasteiger partial charge in [0, 0.05) is 12.4 Å². The van der Waals surface area contributed by atoms with Crippen LogP contribution in [0, 0.1) is 5.82 Å². The maximum absolute atomic E-state index is 13.1. The Kier molecular flexibility index (Phi) is 2.48. The minimum absolute atomic E-state index is 0.166. The first-order valence-electron chi connectivity index (χ1n) is 5.65. The van der Waals surface area contributed by atoms with E-state index in [1.54, 1.807) is 24.5 Å². The molecule has 1 unspecified atom stereocenters. The van der Waals surface area contributed by atoms with Gasteiger partial charge in [0.15, 0.2) is 0 Å². The molecule has 0 radical (unpaired) electrons. The number of aryl methyl sites for hydroxylation is 1. The van der Waals surface area contributed by atoms with Gasteiger partial charge >= 0.3 is 0 Å². The number of nitrogens with one attached hydrogen (secondary N) is 1. The summed E-state index contributed by atoms with van der Waals surface area (Å²) >= 11 is 0. The minimum atomic E-state index is -0.166. The molecule has 0 amide bonds. The van der Waals surface area contributed by atoms with E-state index in [0.29, 0.717) is 5.95 Å². The van der Waals surface area contributed by atoms with Crippen molar-refractivity contribution in [2.75, 3.05) is 5.32 Å². The normalized spacial score (nSPS) is 17.8. The van der Waals surface area contributed by atoms with E-state index < -0.39 is 0 Å². The average Bonchev–Trinajstić information content (AvgIpc) is 2.73. The number of fused-ring (bicyclic) bond motifs is 1. The van der Waals surface area contributed by atoms with E-state index in [1.165, 1.54) is 6.07 Å². The molecule has 0 bridgehead atoms. The highest BCUT2D eigenvalue weighted by atomic mass is 19.1.